The minimum Gasteiger partial charge on any atom is -0.333 e. The van der Waals surface area contributed by atoms with E-state index < -0.39 is 5.82 Å². The summed E-state index contributed by atoms with van der Waals surface area (Å²) in [6.07, 6.45) is 6.24. The molecule has 25 heavy (non-hydrogen) atoms. The fraction of sp³-hybridized carbons (Fsp3) is 0.500. The Kier molecular flexibility index (Phi) is 4.31. The quantitative estimate of drug-likeness (QED) is 0.834. The van der Waals surface area contributed by atoms with E-state index in [-0.39, 0.29) is 18.4 Å². The first-order chi connectivity index (χ1) is 12.2. The Morgan fingerprint density at radius 3 is 2.92 bits per heavy atom. The number of fused-ring (bicyclic) bond motifs is 1. The minimum absolute atomic E-state index is 0.0481. The van der Waals surface area contributed by atoms with Gasteiger partial charge in [-0.3, -0.25) is 14.3 Å². The molecule has 2 aliphatic heterocycles. The summed E-state index contributed by atoms with van der Waals surface area (Å²) in [4.78, 5) is 28.0. The Bertz CT molecular complexity index is 743. The average Bonchev–Trinajstić information content (AvgIpc) is 3.12. The molecule has 1 atom stereocenters. The maximum absolute atomic E-state index is 13.1. The monoisotopic (exact) mass is 346 g/mol. The number of hydrogen-bond donors (Lipinski definition) is 0. The number of aromatic nitrogens is 4. The third kappa shape index (κ3) is 3.32. The molecule has 0 aromatic carbocycles. The lowest BCUT2D eigenvalue weighted by Gasteiger charge is -2.35. The molecule has 0 unspecified atom stereocenters. The first-order valence-corrected chi connectivity index (χ1v) is 8.39. The van der Waals surface area contributed by atoms with E-state index in [4.69, 9.17) is 4.84 Å². The second-order valence-electron chi connectivity index (χ2n) is 6.24. The van der Waals surface area contributed by atoms with Crippen LogP contribution in [0.2, 0.25) is 0 Å². The van der Waals surface area contributed by atoms with Crippen molar-refractivity contribution in [3.05, 3.63) is 36.2 Å². The molecule has 1 amide bonds. The van der Waals surface area contributed by atoms with Gasteiger partial charge in [-0.1, -0.05) is 0 Å². The Balaban J connectivity index is 1.52. The van der Waals surface area contributed by atoms with Crippen molar-refractivity contribution in [1.82, 2.24) is 24.8 Å². The molecule has 0 radical (unpaired) electrons. The van der Waals surface area contributed by atoms with Gasteiger partial charge in [0, 0.05) is 19.3 Å². The van der Waals surface area contributed by atoms with Crippen LogP contribution in [-0.2, 0) is 16.2 Å². The third-order valence-electron chi connectivity index (χ3n) is 4.46. The van der Waals surface area contributed by atoms with Crippen molar-refractivity contribution in [3.63, 3.8) is 0 Å². The maximum atomic E-state index is 13.1. The number of carbonyl (C=O) groups excluding carboxylic acids is 1. The smallest absolute Gasteiger partial charge is 0.248 e. The van der Waals surface area contributed by atoms with Crippen molar-refractivity contribution >= 4 is 11.9 Å². The van der Waals surface area contributed by atoms with Gasteiger partial charge in [0.1, 0.15) is 0 Å². The van der Waals surface area contributed by atoms with Crippen LogP contribution in [0, 0.1) is 5.82 Å². The molecular formula is C16H19FN6O2. The van der Waals surface area contributed by atoms with Crippen molar-refractivity contribution in [2.75, 3.05) is 24.6 Å². The molecule has 0 saturated carbocycles. The maximum Gasteiger partial charge on any atom is 0.248 e. The molecule has 1 saturated heterocycles. The lowest BCUT2D eigenvalue weighted by atomic mass is 10.1. The van der Waals surface area contributed by atoms with Crippen LogP contribution in [-0.4, -0.2) is 50.4 Å². The van der Waals surface area contributed by atoms with Gasteiger partial charge in [-0.25, -0.2) is 19.4 Å². The Morgan fingerprint density at radius 2 is 2.16 bits per heavy atom. The van der Waals surface area contributed by atoms with Crippen LogP contribution in [0.15, 0.2) is 24.7 Å². The zero-order valence-corrected chi connectivity index (χ0v) is 13.7. The minimum atomic E-state index is -0.472. The molecule has 4 heterocycles. The Labute approximate surface area is 144 Å². The van der Waals surface area contributed by atoms with Crippen molar-refractivity contribution in [2.45, 2.75) is 31.8 Å². The first-order valence-electron chi connectivity index (χ1n) is 8.39. The van der Waals surface area contributed by atoms with Gasteiger partial charge in [-0.2, -0.15) is 5.10 Å². The van der Waals surface area contributed by atoms with Gasteiger partial charge in [0.2, 0.25) is 11.9 Å². The van der Waals surface area contributed by atoms with Gasteiger partial charge in [-0.15, -0.1) is 0 Å². The standard InChI is InChI=1S/C16H19FN6O2/c17-12-8-18-16(19-9-12)21-10-13-3-4-20-23(13)14(11-21)7-15(24)22-5-1-2-6-25-22/h3-4,8-9,14H,1-2,5-7,10-11H2/t14-/m0/s1. The molecule has 0 bridgehead atoms. The topological polar surface area (TPSA) is 76.4 Å². The molecule has 4 rings (SSSR count). The molecule has 1 fully saturated rings. The van der Waals surface area contributed by atoms with Crippen molar-refractivity contribution < 1.29 is 14.0 Å². The highest BCUT2D eigenvalue weighted by molar-refractivity contribution is 5.75. The van der Waals surface area contributed by atoms with Crippen molar-refractivity contribution in [1.29, 1.82) is 0 Å². The van der Waals surface area contributed by atoms with E-state index in [1.165, 1.54) is 5.06 Å². The number of carbonyl (C=O) groups is 1. The van der Waals surface area contributed by atoms with Gasteiger partial charge in [-0.05, 0) is 18.9 Å². The van der Waals surface area contributed by atoms with E-state index in [9.17, 15) is 9.18 Å². The van der Waals surface area contributed by atoms with E-state index in [0.29, 0.717) is 32.2 Å². The number of nitrogens with zero attached hydrogens (tertiary/aromatic N) is 6. The highest BCUT2D eigenvalue weighted by Gasteiger charge is 2.30. The van der Waals surface area contributed by atoms with Crippen LogP contribution in [0.1, 0.15) is 31.0 Å². The fourth-order valence-electron chi connectivity index (χ4n) is 3.26. The Morgan fingerprint density at radius 1 is 1.32 bits per heavy atom. The molecule has 2 aromatic heterocycles. The normalized spacial score (nSPS) is 20.4. The predicted molar refractivity (Wildman–Crippen MR) is 85.8 cm³/mol. The second-order valence-corrected chi connectivity index (χ2v) is 6.24. The van der Waals surface area contributed by atoms with Crippen LogP contribution < -0.4 is 4.90 Å². The fourth-order valence-corrected chi connectivity index (χ4v) is 3.26. The number of hydrogen-bond acceptors (Lipinski definition) is 6. The van der Waals surface area contributed by atoms with E-state index in [1.807, 2.05) is 15.6 Å². The van der Waals surface area contributed by atoms with Gasteiger partial charge in [0.15, 0.2) is 5.82 Å². The molecule has 0 N–H and O–H groups in total. The lowest BCUT2D eigenvalue weighted by Crippen LogP contribution is -2.42. The zero-order valence-electron chi connectivity index (χ0n) is 13.7. The van der Waals surface area contributed by atoms with Crippen molar-refractivity contribution in [2.24, 2.45) is 0 Å². The second kappa shape index (κ2) is 6.75. The third-order valence-corrected chi connectivity index (χ3v) is 4.46. The SMILES string of the molecule is O=C(C[C@H]1CN(c2ncc(F)cn2)Cc2ccnn21)N1CCCCO1. The summed E-state index contributed by atoms with van der Waals surface area (Å²) in [7, 11) is 0. The molecule has 0 spiro atoms. The molecule has 8 nitrogen and oxygen atoms in total. The van der Waals surface area contributed by atoms with Crippen LogP contribution >= 0.6 is 0 Å². The van der Waals surface area contributed by atoms with Crippen molar-refractivity contribution in [3.8, 4) is 0 Å². The van der Waals surface area contributed by atoms with Gasteiger partial charge in [0.25, 0.3) is 0 Å². The van der Waals surface area contributed by atoms with E-state index in [1.54, 1.807) is 6.20 Å². The molecule has 9 heteroatoms. The zero-order chi connectivity index (χ0) is 17.2. The van der Waals surface area contributed by atoms with Crippen LogP contribution in [0.5, 0.6) is 0 Å². The van der Waals surface area contributed by atoms with Gasteiger partial charge < -0.3 is 4.90 Å². The Hall–Kier alpha value is -2.55. The van der Waals surface area contributed by atoms with Gasteiger partial charge in [0.05, 0.1) is 43.7 Å². The summed E-state index contributed by atoms with van der Waals surface area (Å²) < 4.78 is 15.0. The van der Waals surface area contributed by atoms with Gasteiger partial charge >= 0.3 is 0 Å². The largest absolute Gasteiger partial charge is 0.333 e. The summed E-state index contributed by atoms with van der Waals surface area (Å²) in [6, 6.07) is 1.76. The molecule has 2 aliphatic rings. The molecule has 2 aromatic rings. The predicted octanol–water partition coefficient (Wildman–Crippen LogP) is 1.32. The van der Waals surface area contributed by atoms with E-state index >= 15 is 0 Å². The summed E-state index contributed by atoms with van der Waals surface area (Å²) in [5.74, 6) is -0.0756. The number of amides is 1. The number of halogens is 1. The lowest BCUT2D eigenvalue weighted by molar-refractivity contribution is -0.197. The average molecular weight is 346 g/mol. The first kappa shape index (κ1) is 15.9. The van der Waals surface area contributed by atoms with E-state index in [2.05, 4.69) is 15.1 Å². The molecule has 0 aliphatic carbocycles. The number of anilines is 1. The summed E-state index contributed by atoms with van der Waals surface area (Å²) in [6.45, 7) is 2.30. The van der Waals surface area contributed by atoms with E-state index in [0.717, 1.165) is 30.9 Å². The van der Waals surface area contributed by atoms with Crippen LogP contribution in [0.3, 0.4) is 0 Å². The van der Waals surface area contributed by atoms with Crippen LogP contribution in [0.4, 0.5) is 10.3 Å². The highest BCUT2D eigenvalue weighted by Crippen LogP contribution is 2.26. The molecular weight excluding hydrogens is 327 g/mol. The number of hydroxylamine groups is 2. The van der Waals surface area contributed by atoms with Crippen LogP contribution in [0.25, 0.3) is 0 Å². The highest BCUT2D eigenvalue weighted by atomic mass is 19.1. The summed E-state index contributed by atoms with van der Waals surface area (Å²) in [5.41, 5.74) is 0.969. The summed E-state index contributed by atoms with van der Waals surface area (Å²) in [5, 5.41) is 5.81. The molecule has 132 valence electrons. The summed E-state index contributed by atoms with van der Waals surface area (Å²) >= 11 is 0. The number of rotatable bonds is 3.